The molecule has 1 fully saturated rings. The van der Waals surface area contributed by atoms with Crippen molar-refractivity contribution in [1.82, 2.24) is 5.32 Å². The predicted octanol–water partition coefficient (Wildman–Crippen LogP) is 4.72. The average Bonchev–Trinajstić information content (AvgIpc) is 2.86. The standard InChI is InChI=1S/C14H17BrF3NOS/c1-21-11-4-3-10(7-11)19-8-9-2-5-13(12(15)6-9)20-14(16,17)18/h2,5-6,10-11,19H,3-4,7-8H2,1H3. The van der Waals surface area contributed by atoms with Crippen LogP contribution in [0, 0.1) is 0 Å². The molecule has 21 heavy (non-hydrogen) atoms. The third-order valence-corrected chi connectivity index (χ3v) is 5.25. The smallest absolute Gasteiger partial charge is 0.405 e. The SMILES string of the molecule is CSC1CCC(NCc2ccc(OC(F)(F)F)c(Br)c2)C1. The van der Waals surface area contributed by atoms with E-state index in [4.69, 9.17) is 0 Å². The van der Waals surface area contributed by atoms with Crippen molar-refractivity contribution in [2.45, 2.75) is 43.5 Å². The molecule has 7 heteroatoms. The van der Waals surface area contributed by atoms with Crippen molar-refractivity contribution in [3.63, 3.8) is 0 Å². The predicted molar refractivity (Wildman–Crippen MR) is 82.6 cm³/mol. The van der Waals surface area contributed by atoms with E-state index in [2.05, 4.69) is 32.2 Å². The molecule has 1 aromatic rings. The fourth-order valence-corrected chi connectivity index (χ4v) is 3.77. The first kappa shape index (κ1) is 17.0. The van der Waals surface area contributed by atoms with Gasteiger partial charge in [-0.05, 0) is 59.1 Å². The van der Waals surface area contributed by atoms with Crippen LogP contribution in [0.3, 0.4) is 0 Å². The topological polar surface area (TPSA) is 21.3 Å². The number of rotatable bonds is 5. The molecule has 0 aromatic heterocycles. The van der Waals surface area contributed by atoms with Crippen LogP contribution in [0.4, 0.5) is 13.2 Å². The Balaban J connectivity index is 1.89. The Bertz CT molecular complexity index is 484. The highest BCUT2D eigenvalue weighted by molar-refractivity contribution is 9.10. The molecule has 2 atom stereocenters. The quantitative estimate of drug-likeness (QED) is 0.794. The fourth-order valence-electron chi connectivity index (χ4n) is 2.46. The second-order valence-electron chi connectivity index (χ2n) is 5.06. The van der Waals surface area contributed by atoms with Crippen LogP contribution < -0.4 is 10.1 Å². The number of halogens is 4. The lowest BCUT2D eigenvalue weighted by atomic mass is 10.2. The maximum Gasteiger partial charge on any atom is 0.573 e. The van der Waals surface area contributed by atoms with Crippen LogP contribution in [0.15, 0.2) is 22.7 Å². The minimum Gasteiger partial charge on any atom is -0.405 e. The molecule has 1 saturated carbocycles. The van der Waals surface area contributed by atoms with Gasteiger partial charge in [-0.1, -0.05) is 6.07 Å². The van der Waals surface area contributed by atoms with Crippen LogP contribution in [-0.4, -0.2) is 23.9 Å². The summed E-state index contributed by atoms with van der Waals surface area (Å²) in [5.41, 5.74) is 0.934. The number of alkyl halides is 3. The van der Waals surface area contributed by atoms with Gasteiger partial charge in [-0.3, -0.25) is 0 Å². The molecule has 1 N–H and O–H groups in total. The van der Waals surface area contributed by atoms with E-state index in [0.717, 1.165) is 23.7 Å². The van der Waals surface area contributed by atoms with Gasteiger partial charge in [0.05, 0.1) is 4.47 Å². The lowest BCUT2D eigenvalue weighted by molar-refractivity contribution is -0.274. The van der Waals surface area contributed by atoms with Gasteiger partial charge in [0, 0.05) is 17.8 Å². The molecule has 2 nitrogen and oxygen atoms in total. The monoisotopic (exact) mass is 383 g/mol. The molecule has 2 rings (SSSR count). The zero-order valence-electron chi connectivity index (χ0n) is 11.5. The number of nitrogens with one attached hydrogen (secondary N) is 1. The van der Waals surface area contributed by atoms with E-state index in [1.54, 1.807) is 12.1 Å². The van der Waals surface area contributed by atoms with Crippen molar-refractivity contribution < 1.29 is 17.9 Å². The number of hydrogen-bond acceptors (Lipinski definition) is 3. The second kappa shape index (κ2) is 7.24. The summed E-state index contributed by atoms with van der Waals surface area (Å²) in [4.78, 5) is 0. The van der Waals surface area contributed by atoms with Gasteiger partial charge in [-0.25, -0.2) is 0 Å². The highest BCUT2D eigenvalue weighted by atomic mass is 79.9. The van der Waals surface area contributed by atoms with Gasteiger partial charge in [0.15, 0.2) is 0 Å². The van der Waals surface area contributed by atoms with E-state index >= 15 is 0 Å². The Morgan fingerprint density at radius 2 is 2.14 bits per heavy atom. The number of benzene rings is 1. The third kappa shape index (κ3) is 5.38. The summed E-state index contributed by atoms with van der Waals surface area (Å²) in [7, 11) is 0. The molecule has 0 amide bonds. The van der Waals surface area contributed by atoms with Crippen molar-refractivity contribution >= 4 is 27.7 Å². The first-order chi connectivity index (χ1) is 9.87. The van der Waals surface area contributed by atoms with Crippen LogP contribution in [-0.2, 0) is 6.54 Å². The van der Waals surface area contributed by atoms with Crippen LogP contribution in [0.5, 0.6) is 5.75 Å². The Hall–Kier alpha value is -0.400. The molecule has 0 heterocycles. The first-order valence-corrected chi connectivity index (χ1v) is 8.76. The average molecular weight is 384 g/mol. The van der Waals surface area contributed by atoms with E-state index in [1.807, 2.05) is 11.8 Å². The molecular weight excluding hydrogens is 367 g/mol. The zero-order valence-corrected chi connectivity index (χ0v) is 13.9. The molecule has 0 radical (unpaired) electrons. The van der Waals surface area contributed by atoms with Gasteiger partial charge in [0.2, 0.25) is 0 Å². The van der Waals surface area contributed by atoms with Crippen molar-refractivity contribution in [3.05, 3.63) is 28.2 Å². The molecule has 0 aliphatic heterocycles. The van der Waals surface area contributed by atoms with Gasteiger partial charge in [0.25, 0.3) is 0 Å². The Morgan fingerprint density at radius 1 is 1.38 bits per heavy atom. The Labute approximate surface area is 134 Å². The van der Waals surface area contributed by atoms with E-state index in [9.17, 15) is 13.2 Å². The summed E-state index contributed by atoms with van der Waals surface area (Å²) in [6.45, 7) is 0.649. The summed E-state index contributed by atoms with van der Waals surface area (Å²) < 4.78 is 40.8. The highest BCUT2D eigenvalue weighted by Crippen LogP contribution is 2.32. The molecule has 1 aliphatic rings. The van der Waals surface area contributed by atoms with Crippen LogP contribution in [0.25, 0.3) is 0 Å². The molecule has 2 unspecified atom stereocenters. The maximum absolute atomic E-state index is 12.2. The van der Waals surface area contributed by atoms with Gasteiger partial charge in [-0.2, -0.15) is 11.8 Å². The largest absolute Gasteiger partial charge is 0.573 e. The van der Waals surface area contributed by atoms with E-state index in [-0.39, 0.29) is 5.75 Å². The fraction of sp³-hybridized carbons (Fsp3) is 0.571. The molecule has 1 aliphatic carbocycles. The van der Waals surface area contributed by atoms with E-state index in [0.29, 0.717) is 17.1 Å². The van der Waals surface area contributed by atoms with Gasteiger partial charge < -0.3 is 10.1 Å². The van der Waals surface area contributed by atoms with Crippen molar-refractivity contribution in [2.24, 2.45) is 0 Å². The van der Waals surface area contributed by atoms with Gasteiger partial charge in [0.1, 0.15) is 5.75 Å². The van der Waals surface area contributed by atoms with Crippen LogP contribution >= 0.6 is 27.7 Å². The van der Waals surface area contributed by atoms with Gasteiger partial charge >= 0.3 is 6.36 Å². The van der Waals surface area contributed by atoms with Gasteiger partial charge in [-0.15, -0.1) is 13.2 Å². The summed E-state index contributed by atoms with van der Waals surface area (Å²) in [6.07, 6.45) is 0.989. The minimum absolute atomic E-state index is 0.213. The molecule has 0 bridgehead atoms. The van der Waals surface area contributed by atoms with Crippen molar-refractivity contribution in [2.75, 3.05) is 6.26 Å². The number of thioether (sulfide) groups is 1. The molecule has 0 saturated heterocycles. The Morgan fingerprint density at radius 3 is 2.71 bits per heavy atom. The van der Waals surface area contributed by atoms with E-state index < -0.39 is 6.36 Å². The molecule has 0 spiro atoms. The third-order valence-electron chi connectivity index (χ3n) is 3.53. The van der Waals surface area contributed by atoms with Crippen LogP contribution in [0.1, 0.15) is 24.8 Å². The summed E-state index contributed by atoms with van der Waals surface area (Å²) in [5.74, 6) is -0.213. The second-order valence-corrected chi connectivity index (χ2v) is 7.05. The summed E-state index contributed by atoms with van der Waals surface area (Å²) in [5, 5.41) is 4.18. The molecule has 118 valence electrons. The molecular formula is C14H17BrF3NOS. The van der Waals surface area contributed by atoms with E-state index in [1.165, 1.54) is 12.5 Å². The highest BCUT2D eigenvalue weighted by Gasteiger charge is 2.32. The lowest BCUT2D eigenvalue weighted by Gasteiger charge is -2.14. The Kier molecular flexibility index (Phi) is 5.85. The maximum atomic E-state index is 12.2. The van der Waals surface area contributed by atoms with Crippen molar-refractivity contribution in [3.8, 4) is 5.75 Å². The van der Waals surface area contributed by atoms with Crippen LogP contribution in [0.2, 0.25) is 0 Å². The summed E-state index contributed by atoms with van der Waals surface area (Å²) >= 11 is 5.01. The normalized spacial score (nSPS) is 22.5. The minimum atomic E-state index is -4.67. The number of ether oxygens (including phenoxy) is 1. The zero-order chi connectivity index (χ0) is 15.5. The number of hydrogen-bond donors (Lipinski definition) is 1. The van der Waals surface area contributed by atoms with Crippen molar-refractivity contribution in [1.29, 1.82) is 0 Å². The first-order valence-electron chi connectivity index (χ1n) is 6.67. The molecule has 1 aromatic carbocycles. The summed E-state index contributed by atoms with van der Waals surface area (Å²) in [6, 6.07) is 5.15. The lowest BCUT2D eigenvalue weighted by Crippen LogP contribution is -2.26.